The van der Waals surface area contributed by atoms with E-state index in [4.69, 9.17) is 5.73 Å². The Hall–Kier alpha value is -1.42. The normalized spacial score (nSPS) is 16.6. The molecule has 0 aliphatic carbocycles. The summed E-state index contributed by atoms with van der Waals surface area (Å²) >= 11 is 0. The zero-order valence-electron chi connectivity index (χ0n) is 9.79. The molecule has 16 heavy (non-hydrogen) atoms. The summed E-state index contributed by atoms with van der Waals surface area (Å²) in [5.74, 6) is 0.362. The van der Waals surface area contributed by atoms with Crippen LogP contribution in [0.3, 0.4) is 0 Å². The molecule has 0 amide bonds. The summed E-state index contributed by atoms with van der Waals surface area (Å²) in [6.07, 6.45) is 1.85. The van der Waals surface area contributed by atoms with Gasteiger partial charge in [0.1, 0.15) is 5.82 Å². The minimum absolute atomic E-state index is 0.00889. The van der Waals surface area contributed by atoms with Gasteiger partial charge >= 0.3 is 0 Å². The number of likely N-dealkylation sites (N-methyl/N-ethyl adjacent to an activating group) is 1. The summed E-state index contributed by atoms with van der Waals surface area (Å²) < 4.78 is 0. The van der Waals surface area contributed by atoms with Crippen LogP contribution in [0.25, 0.3) is 0 Å². The second-order valence-electron chi connectivity index (χ2n) is 4.39. The van der Waals surface area contributed by atoms with E-state index in [1.165, 1.54) is 12.5 Å². The van der Waals surface area contributed by atoms with E-state index in [0.717, 1.165) is 31.6 Å². The second-order valence-corrected chi connectivity index (χ2v) is 4.39. The third kappa shape index (κ3) is 2.07. The van der Waals surface area contributed by atoms with Crippen molar-refractivity contribution in [2.24, 2.45) is 0 Å². The van der Waals surface area contributed by atoms with Gasteiger partial charge in [-0.15, -0.1) is 0 Å². The summed E-state index contributed by atoms with van der Waals surface area (Å²) in [5.41, 5.74) is 8.56. The van der Waals surface area contributed by atoms with Gasteiger partial charge in [0.25, 0.3) is 0 Å². The molecule has 86 valence electrons. The first-order valence-electron chi connectivity index (χ1n) is 5.55. The highest BCUT2D eigenvalue weighted by atomic mass is 16.1. The van der Waals surface area contributed by atoms with Crippen LogP contribution in [0.4, 0.5) is 5.82 Å². The molecule has 0 spiro atoms. The Labute approximate surface area is 95.5 Å². The number of aromatic nitrogens is 1. The Kier molecular flexibility index (Phi) is 2.92. The molecule has 0 atom stereocenters. The van der Waals surface area contributed by atoms with Gasteiger partial charge in [0, 0.05) is 25.2 Å². The lowest BCUT2D eigenvalue weighted by molar-refractivity contribution is 0.101. The van der Waals surface area contributed by atoms with Crippen LogP contribution in [0.15, 0.2) is 6.07 Å². The van der Waals surface area contributed by atoms with Gasteiger partial charge < -0.3 is 10.6 Å². The zero-order chi connectivity index (χ0) is 11.7. The number of hydrogen-bond donors (Lipinski definition) is 1. The third-order valence-corrected chi connectivity index (χ3v) is 3.09. The van der Waals surface area contributed by atoms with E-state index < -0.39 is 0 Å². The monoisotopic (exact) mass is 219 g/mol. The number of rotatable bonds is 1. The molecule has 1 aliphatic rings. The number of nitrogens with two attached hydrogens (primary N) is 1. The zero-order valence-corrected chi connectivity index (χ0v) is 9.79. The molecular formula is C12H17N3O. The maximum atomic E-state index is 11.4. The Balaban J connectivity index is 2.42. The van der Waals surface area contributed by atoms with Crippen molar-refractivity contribution in [1.29, 1.82) is 0 Å². The van der Waals surface area contributed by atoms with Crippen LogP contribution < -0.4 is 5.73 Å². The lowest BCUT2D eigenvalue weighted by Gasteiger charge is -2.10. The fourth-order valence-electron chi connectivity index (χ4n) is 2.04. The number of anilines is 1. The SMILES string of the molecule is CC(=O)c1cc2c(nc1N)CCN(C)CC2. The molecule has 4 heteroatoms. The molecule has 0 unspecified atom stereocenters. The number of carbonyl (C=O) groups excluding carboxylic acids is 1. The number of nitrogens with zero attached hydrogens (tertiary/aromatic N) is 2. The first-order chi connectivity index (χ1) is 7.58. The predicted molar refractivity (Wildman–Crippen MR) is 63.6 cm³/mol. The molecule has 0 saturated carbocycles. The van der Waals surface area contributed by atoms with E-state index in [1.54, 1.807) is 0 Å². The van der Waals surface area contributed by atoms with Crippen LogP contribution in [0.5, 0.6) is 0 Å². The van der Waals surface area contributed by atoms with Crippen molar-refractivity contribution < 1.29 is 4.79 Å². The largest absolute Gasteiger partial charge is 0.383 e. The van der Waals surface area contributed by atoms with Crippen molar-refractivity contribution in [1.82, 2.24) is 9.88 Å². The average Bonchev–Trinajstić information content (AvgIpc) is 2.40. The van der Waals surface area contributed by atoms with Crippen molar-refractivity contribution in [3.8, 4) is 0 Å². The molecule has 2 heterocycles. The molecule has 0 fully saturated rings. The van der Waals surface area contributed by atoms with Gasteiger partial charge in [0.05, 0.1) is 5.56 Å². The predicted octanol–water partition coefficient (Wildman–Crippen LogP) is 0.897. The van der Waals surface area contributed by atoms with Crippen LogP contribution >= 0.6 is 0 Å². The highest BCUT2D eigenvalue weighted by Crippen LogP contribution is 2.19. The minimum atomic E-state index is -0.00889. The van der Waals surface area contributed by atoms with E-state index in [1.807, 2.05) is 6.07 Å². The molecule has 0 saturated heterocycles. The van der Waals surface area contributed by atoms with Crippen LogP contribution in [-0.2, 0) is 12.8 Å². The van der Waals surface area contributed by atoms with Crippen LogP contribution in [0.2, 0.25) is 0 Å². The topological polar surface area (TPSA) is 59.2 Å². The Bertz CT molecular complexity index is 429. The van der Waals surface area contributed by atoms with Gasteiger partial charge in [-0.05, 0) is 32.0 Å². The summed E-state index contributed by atoms with van der Waals surface area (Å²) in [7, 11) is 2.10. The van der Waals surface area contributed by atoms with E-state index >= 15 is 0 Å². The molecule has 2 N–H and O–H groups in total. The maximum Gasteiger partial charge on any atom is 0.163 e. The van der Waals surface area contributed by atoms with Gasteiger partial charge in [-0.2, -0.15) is 0 Å². The number of carbonyl (C=O) groups is 1. The molecule has 2 rings (SSSR count). The molecule has 1 aliphatic heterocycles. The van der Waals surface area contributed by atoms with Crippen molar-refractivity contribution >= 4 is 11.6 Å². The van der Waals surface area contributed by atoms with E-state index in [0.29, 0.717) is 11.4 Å². The highest BCUT2D eigenvalue weighted by Gasteiger charge is 2.16. The molecule has 0 bridgehead atoms. The van der Waals surface area contributed by atoms with Crippen molar-refractivity contribution in [3.63, 3.8) is 0 Å². The fourth-order valence-corrected chi connectivity index (χ4v) is 2.04. The molecule has 1 aromatic heterocycles. The summed E-state index contributed by atoms with van der Waals surface area (Å²) in [6.45, 7) is 3.54. The van der Waals surface area contributed by atoms with Gasteiger partial charge in [-0.25, -0.2) is 4.98 Å². The number of Topliss-reactive ketones (excluding diaryl/α,β-unsaturated/α-hetero) is 1. The quantitative estimate of drug-likeness (QED) is 0.713. The number of fused-ring (bicyclic) bond motifs is 1. The lowest BCUT2D eigenvalue weighted by atomic mass is 10.0. The summed E-state index contributed by atoms with van der Waals surface area (Å²) in [5, 5.41) is 0. The number of pyridine rings is 1. The van der Waals surface area contributed by atoms with E-state index in [-0.39, 0.29) is 5.78 Å². The molecule has 1 aromatic rings. The smallest absolute Gasteiger partial charge is 0.163 e. The minimum Gasteiger partial charge on any atom is -0.383 e. The van der Waals surface area contributed by atoms with Gasteiger partial charge in [-0.3, -0.25) is 4.79 Å². The van der Waals surface area contributed by atoms with E-state index in [9.17, 15) is 4.79 Å². The molecule has 0 radical (unpaired) electrons. The Morgan fingerprint density at radius 1 is 1.44 bits per heavy atom. The van der Waals surface area contributed by atoms with Crippen LogP contribution in [0, 0.1) is 0 Å². The summed E-state index contributed by atoms with van der Waals surface area (Å²) in [4.78, 5) is 18.0. The molecular weight excluding hydrogens is 202 g/mol. The molecule has 0 aromatic carbocycles. The summed E-state index contributed by atoms with van der Waals surface area (Å²) in [6, 6.07) is 1.92. The van der Waals surface area contributed by atoms with Crippen LogP contribution in [0.1, 0.15) is 28.5 Å². The van der Waals surface area contributed by atoms with Gasteiger partial charge in [0.2, 0.25) is 0 Å². The lowest BCUT2D eigenvalue weighted by Crippen LogP contribution is -2.20. The Morgan fingerprint density at radius 3 is 2.81 bits per heavy atom. The van der Waals surface area contributed by atoms with Gasteiger partial charge in [-0.1, -0.05) is 0 Å². The number of nitrogen functional groups attached to an aromatic ring is 1. The van der Waals surface area contributed by atoms with Crippen molar-refractivity contribution in [2.45, 2.75) is 19.8 Å². The Morgan fingerprint density at radius 2 is 2.12 bits per heavy atom. The van der Waals surface area contributed by atoms with Crippen molar-refractivity contribution in [3.05, 3.63) is 22.9 Å². The molecule has 4 nitrogen and oxygen atoms in total. The van der Waals surface area contributed by atoms with Gasteiger partial charge in [0.15, 0.2) is 5.78 Å². The number of hydrogen-bond acceptors (Lipinski definition) is 4. The fraction of sp³-hybridized carbons (Fsp3) is 0.500. The van der Waals surface area contributed by atoms with E-state index in [2.05, 4.69) is 16.9 Å². The highest BCUT2D eigenvalue weighted by molar-refractivity contribution is 5.98. The second kappa shape index (κ2) is 4.22. The first kappa shape index (κ1) is 11.1. The standard InChI is InChI=1S/C12H17N3O/c1-8(16)10-7-9-3-5-15(2)6-4-11(9)14-12(10)13/h7H,3-6H2,1-2H3,(H2,13,14). The van der Waals surface area contributed by atoms with Crippen LogP contribution in [-0.4, -0.2) is 35.8 Å². The number of ketones is 1. The van der Waals surface area contributed by atoms with Crippen molar-refractivity contribution in [2.75, 3.05) is 25.9 Å². The first-order valence-corrected chi connectivity index (χ1v) is 5.55. The third-order valence-electron chi connectivity index (χ3n) is 3.09. The average molecular weight is 219 g/mol. The maximum absolute atomic E-state index is 11.4.